The van der Waals surface area contributed by atoms with Crippen LogP contribution in [0.2, 0.25) is 0 Å². The van der Waals surface area contributed by atoms with Crippen molar-refractivity contribution >= 4 is 11.6 Å². The van der Waals surface area contributed by atoms with Gasteiger partial charge in [-0.05, 0) is 0 Å². The molecule has 7 atom stereocenters. The molecule has 2 saturated carbocycles. The molecule has 5 rings (SSSR count). The van der Waals surface area contributed by atoms with Gasteiger partial charge in [0.15, 0.2) is 0 Å². The smallest absolute Gasteiger partial charge is 0.141 e. The maximum absolute atomic E-state index is 12.7. The molecule has 1 N–H and O–H groups in total. The van der Waals surface area contributed by atoms with E-state index in [1.165, 1.54) is 0 Å². The van der Waals surface area contributed by atoms with E-state index >= 15 is 0 Å². The fourth-order valence-corrected chi connectivity index (χ4v) is 5.56. The summed E-state index contributed by atoms with van der Waals surface area (Å²) in [5, 5.41) is 11.1. The summed E-state index contributed by atoms with van der Waals surface area (Å²) in [5.74, 6) is -0.328. The molecule has 3 saturated heterocycles. The minimum atomic E-state index is -1.10. The Morgan fingerprint density at radius 2 is 1.77 bits per heavy atom. The Labute approximate surface area is 128 Å². The first-order valence-electron chi connectivity index (χ1n) is 8.22. The van der Waals surface area contributed by atoms with Gasteiger partial charge in [-0.3, -0.25) is 9.59 Å². The molecular formula is C16H20O6. The first-order valence-corrected chi connectivity index (χ1v) is 8.22. The highest BCUT2D eigenvalue weighted by molar-refractivity contribution is 5.87. The van der Waals surface area contributed by atoms with Gasteiger partial charge in [0.25, 0.3) is 0 Å². The summed E-state index contributed by atoms with van der Waals surface area (Å²) in [7, 11) is 0. The molecule has 0 aromatic heterocycles. The highest BCUT2D eigenvalue weighted by Crippen LogP contribution is 2.59. The summed E-state index contributed by atoms with van der Waals surface area (Å²) in [6, 6.07) is 0. The summed E-state index contributed by atoms with van der Waals surface area (Å²) < 4.78 is 17.7. The largest absolute Gasteiger partial charge is 0.384 e. The van der Waals surface area contributed by atoms with Gasteiger partial charge < -0.3 is 19.3 Å². The van der Waals surface area contributed by atoms with Crippen LogP contribution in [0.5, 0.6) is 0 Å². The zero-order chi connectivity index (χ0) is 15.1. The number of fused-ring (bicyclic) bond motifs is 4. The van der Waals surface area contributed by atoms with Crippen LogP contribution in [0.4, 0.5) is 0 Å². The van der Waals surface area contributed by atoms with E-state index in [4.69, 9.17) is 14.2 Å². The van der Waals surface area contributed by atoms with Crippen LogP contribution in [0, 0.1) is 11.8 Å². The number of carbonyl (C=O) groups excluding carboxylic acids is 2. The van der Waals surface area contributed by atoms with Gasteiger partial charge >= 0.3 is 0 Å². The van der Waals surface area contributed by atoms with E-state index in [1.807, 2.05) is 0 Å². The Morgan fingerprint density at radius 3 is 2.64 bits per heavy atom. The van der Waals surface area contributed by atoms with Gasteiger partial charge in [0.1, 0.15) is 22.8 Å². The number of ketones is 2. The van der Waals surface area contributed by atoms with Crippen molar-refractivity contribution in [2.45, 2.75) is 61.6 Å². The highest BCUT2D eigenvalue weighted by Gasteiger charge is 2.71. The van der Waals surface area contributed by atoms with Crippen LogP contribution in [0.15, 0.2) is 0 Å². The lowest BCUT2D eigenvalue weighted by Crippen LogP contribution is -2.58. The van der Waals surface area contributed by atoms with E-state index in [2.05, 4.69) is 0 Å². The Kier molecular flexibility index (Phi) is 2.58. The maximum Gasteiger partial charge on any atom is 0.141 e. The average molecular weight is 308 g/mol. The van der Waals surface area contributed by atoms with E-state index in [0.717, 1.165) is 0 Å². The third kappa shape index (κ3) is 1.45. The number of ether oxygens (including phenoxy) is 3. The molecule has 0 aromatic carbocycles. The molecule has 0 amide bonds. The molecule has 3 heterocycles. The van der Waals surface area contributed by atoms with E-state index in [-0.39, 0.29) is 30.0 Å². The number of hydrogen-bond donors (Lipinski definition) is 1. The molecule has 0 unspecified atom stereocenters. The minimum Gasteiger partial charge on any atom is -0.384 e. The zero-order valence-electron chi connectivity index (χ0n) is 12.3. The van der Waals surface area contributed by atoms with E-state index in [0.29, 0.717) is 38.9 Å². The van der Waals surface area contributed by atoms with Gasteiger partial charge in [-0.2, -0.15) is 0 Å². The second-order valence-corrected chi connectivity index (χ2v) is 7.45. The molecule has 0 radical (unpaired) electrons. The van der Waals surface area contributed by atoms with Crippen molar-refractivity contribution in [3.05, 3.63) is 0 Å². The first kappa shape index (κ1) is 13.6. The number of aliphatic hydroxyl groups is 1. The van der Waals surface area contributed by atoms with Crippen molar-refractivity contribution in [3.63, 3.8) is 0 Å². The topological polar surface area (TPSA) is 82.1 Å². The normalized spacial score (nSPS) is 56.5. The molecule has 0 bridgehead atoms. The van der Waals surface area contributed by atoms with Crippen molar-refractivity contribution in [1.82, 2.24) is 0 Å². The predicted molar refractivity (Wildman–Crippen MR) is 72.1 cm³/mol. The molecule has 22 heavy (non-hydrogen) atoms. The summed E-state index contributed by atoms with van der Waals surface area (Å²) in [6.45, 7) is 1.01. The van der Waals surface area contributed by atoms with Crippen LogP contribution in [-0.4, -0.2) is 59.4 Å². The molecule has 5 aliphatic rings. The summed E-state index contributed by atoms with van der Waals surface area (Å²) in [4.78, 5) is 24.8. The summed E-state index contributed by atoms with van der Waals surface area (Å²) >= 11 is 0. The van der Waals surface area contributed by atoms with Gasteiger partial charge in [-0.1, -0.05) is 0 Å². The van der Waals surface area contributed by atoms with Crippen molar-refractivity contribution in [3.8, 4) is 0 Å². The molecule has 2 aliphatic carbocycles. The van der Waals surface area contributed by atoms with Crippen LogP contribution >= 0.6 is 0 Å². The Morgan fingerprint density at radius 1 is 1.00 bits per heavy atom. The number of hydrogen-bond acceptors (Lipinski definition) is 6. The molecule has 6 heteroatoms. The van der Waals surface area contributed by atoms with Crippen LogP contribution in [0.3, 0.4) is 0 Å². The van der Waals surface area contributed by atoms with Gasteiger partial charge in [0.2, 0.25) is 0 Å². The molecule has 1 spiro atoms. The van der Waals surface area contributed by atoms with Crippen LogP contribution in [0.25, 0.3) is 0 Å². The molecular weight excluding hydrogens is 288 g/mol. The fourth-order valence-electron chi connectivity index (χ4n) is 5.56. The highest BCUT2D eigenvalue weighted by atomic mass is 16.6. The second-order valence-electron chi connectivity index (χ2n) is 7.45. The molecule has 0 aromatic rings. The average Bonchev–Trinajstić information content (AvgIpc) is 3.12. The van der Waals surface area contributed by atoms with E-state index < -0.39 is 29.3 Å². The van der Waals surface area contributed by atoms with Crippen molar-refractivity contribution in [1.29, 1.82) is 0 Å². The third-order valence-electron chi connectivity index (χ3n) is 6.58. The van der Waals surface area contributed by atoms with Crippen molar-refractivity contribution in [2.75, 3.05) is 13.2 Å². The van der Waals surface area contributed by atoms with Crippen LogP contribution in [-0.2, 0) is 23.8 Å². The van der Waals surface area contributed by atoms with Crippen molar-refractivity contribution in [2.24, 2.45) is 11.8 Å². The number of carbonyl (C=O) groups is 2. The summed E-state index contributed by atoms with van der Waals surface area (Å²) in [5.41, 5.74) is -1.66. The van der Waals surface area contributed by atoms with Gasteiger partial charge in [0, 0.05) is 44.6 Å². The van der Waals surface area contributed by atoms with E-state index in [9.17, 15) is 14.7 Å². The summed E-state index contributed by atoms with van der Waals surface area (Å²) in [6.07, 6.45) is 0.882. The Bertz CT molecular complexity index is 561. The monoisotopic (exact) mass is 308 g/mol. The lowest BCUT2D eigenvalue weighted by molar-refractivity contribution is -0.193. The van der Waals surface area contributed by atoms with Crippen LogP contribution in [0.1, 0.15) is 32.1 Å². The lowest BCUT2D eigenvalue weighted by Gasteiger charge is -2.41. The quantitative estimate of drug-likeness (QED) is 0.678. The minimum absolute atomic E-state index is 0.0730. The SMILES string of the molecule is O=C1C[C@H]2OCC[C@]23O[C@H]2[C@@H](C(=O)C[C@H]4OCC[C@]42O)[C@@H]3C1. The zero-order valence-corrected chi connectivity index (χ0v) is 12.3. The second kappa shape index (κ2) is 4.17. The third-order valence-corrected chi connectivity index (χ3v) is 6.58. The predicted octanol–water partition coefficient (Wildman–Crippen LogP) is 0.001000. The molecule has 120 valence electrons. The fraction of sp³-hybridized carbons (Fsp3) is 0.875. The van der Waals surface area contributed by atoms with Gasteiger partial charge in [-0.25, -0.2) is 0 Å². The lowest BCUT2D eigenvalue weighted by atomic mass is 9.62. The molecule has 6 nitrogen and oxygen atoms in total. The Hall–Kier alpha value is -0.820. The number of Topliss-reactive ketones (excluding diaryl/α,β-unsaturated/α-hetero) is 2. The van der Waals surface area contributed by atoms with Gasteiger partial charge in [-0.15, -0.1) is 0 Å². The molecule has 5 fully saturated rings. The van der Waals surface area contributed by atoms with Crippen LogP contribution < -0.4 is 0 Å². The first-order chi connectivity index (χ1) is 10.5. The number of rotatable bonds is 0. The van der Waals surface area contributed by atoms with Gasteiger partial charge in [0.05, 0.1) is 30.8 Å². The maximum atomic E-state index is 12.7. The standard InChI is InChI=1S/C16H20O6/c17-8-5-9-13-10(18)7-11-15(19,1-3-20-11)14(13)22-16(9)2-4-21-12(16)6-8/h9,11-14,19H,1-7H2/t9-,11+,12+,13+,14-,15-,16+/m0/s1. The van der Waals surface area contributed by atoms with Crippen molar-refractivity contribution < 1.29 is 28.9 Å². The molecule has 3 aliphatic heterocycles. The van der Waals surface area contributed by atoms with E-state index in [1.54, 1.807) is 0 Å². The Balaban J connectivity index is 1.61.